The molecule has 1 aromatic heterocycles. The quantitative estimate of drug-likeness (QED) is 0.637. The molecule has 1 saturated heterocycles. The molecule has 31 heavy (non-hydrogen) atoms. The minimum Gasteiger partial charge on any atom is -0.368 e. The van der Waals surface area contributed by atoms with Gasteiger partial charge in [-0.25, -0.2) is 4.98 Å². The molecule has 2 aromatic carbocycles. The van der Waals surface area contributed by atoms with Gasteiger partial charge in [-0.05, 0) is 62.9 Å². The number of hydrogen-bond donors (Lipinski definition) is 2. The fourth-order valence-corrected chi connectivity index (χ4v) is 3.95. The molecular weight excluding hydrogens is 392 g/mol. The number of imidazole rings is 1. The lowest BCUT2D eigenvalue weighted by Crippen LogP contribution is -2.37. The van der Waals surface area contributed by atoms with E-state index in [9.17, 15) is 9.59 Å². The third-order valence-corrected chi connectivity index (χ3v) is 5.62. The van der Waals surface area contributed by atoms with E-state index in [0.29, 0.717) is 12.4 Å². The molecule has 2 heterocycles. The number of para-hydroxylation sites is 2. The summed E-state index contributed by atoms with van der Waals surface area (Å²) in [5.41, 5.74) is 4.53. The number of anilines is 1. The number of rotatable bonds is 6. The van der Waals surface area contributed by atoms with Crippen molar-refractivity contribution in [1.82, 2.24) is 14.9 Å². The van der Waals surface area contributed by atoms with Crippen molar-refractivity contribution in [3.05, 3.63) is 59.4 Å². The Labute approximate surface area is 181 Å². The second-order valence-electron chi connectivity index (χ2n) is 8.14. The van der Waals surface area contributed by atoms with E-state index in [1.165, 1.54) is 0 Å². The average molecular weight is 421 g/mol. The lowest BCUT2D eigenvalue weighted by atomic mass is 10.1. The normalized spacial score (nSPS) is 16.9. The Kier molecular flexibility index (Phi) is 6.04. The summed E-state index contributed by atoms with van der Waals surface area (Å²) in [7, 11) is 0. The second-order valence-corrected chi connectivity index (χ2v) is 8.14. The fourth-order valence-electron chi connectivity index (χ4n) is 3.95. The first-order valence-corrected chi connectivity index (χ1v) is 10.7. The highest BCUT2D eigenvalue weighted by Crippen LogP contribution is 2.23. The van der Waals surface area contributed by atoms with E-state index in [2.05, 4.69) is 10.6 Å². The zero-order chi connectivity index (χ0) is 22.0. The molecule has 0 aliphatic carbocycles. The van der Waals surface area contributed by atoms with Crippen molar-refractivity contribution in [2.24, 2.45) is 0 Å². The smallest absolute Gasteiger partial charge is 0.249 e. The molecule has 3 aromatic rings. The molecule has 1 fully saturated rings. The predicted molar refractivity (Wildman–Crippen MR) is 120 cm³/mol. The van der Waals surface area contributed by atoms with Gasteiger partial charge in [0.05, 0.1) is 17.1 Å². The van der Waals surface area contributed by atoms with Gasteiger partial charge in [0.1, 0.15) is 18.5 Å². The van der Waals surface area contributed by atoms with Crippen LogP contribution in [0.5, 0.6) is 0 Å². The van der Waals surface area contributed by atoms with Gasteiger partial charge >= 0.3 is 0 Å². The number of benzene rings is 2. The largest absolute Gasteiger partial charge is 0.368 e. The molecule has 2 N–H and O–H groups in total. The Balaban J connectivity index is 1.58. The molecule has 162 valence electrons. The monoisotopic (exact) mass is 420 g/mol. The van der Waals surface area contributed by atoms with E-state index < -0.39 is 6.10 Å². The van der Waals surface area contributed by atoms with Gasteiger partial charge in [-0.1, -0.05) is 24.3 Å². The second kappa shape index (κ2) is 8.89. The van der Waals surface area contributed by atoms with Crippen molar-refractivity contribution in [1.29, 1.82) is 0 Å². The number of nitrogens with one attached hydrogen (secondary N) is 2. The SMILES string of the molecule is Cc1ccc(C)c(NC(=O)Cn2c(C(C)NC(=O)C3CCCO3)nc3ccccc32)c1. The molecule has 1 aliphatic rings. The average Bonchev–Trinajstić information content (AvgIpc) is 3.40. The first-order valence-electron chi connectivity index (χ1n) is 10.7. The van der Waals surface area contributed by atoms with Crippen LogP contribution in [-0.2, 0) is 20.9 Å². The van der Waals surface area contributed by atoms with Crippen LogP contribution in [0.3, 0.4) is 0 Å². The standard InChI is InChI=1S/C24H28N4O3/c1-15-10-11-16(2)19(13-15)26-22(29)14-28-20-8-5-4-7-18(20)27-23(28)17(3)25-24(30)21-9-6-12-31-21/h4-5,7-8,10-11,13,17,21H,6,9,12,14H2,1-3H3,(H,25,30)(H,26,29). The first-order chi connectivity index (χ1) is 14.9. The van der Waals surface area contributed by atoms with Crippen molar-refractivity contribution in [2.75, 3.05) is 11.9 Å². The van der Waals surface area contributed by atoms with Crippen LogP contribution >= 0.6 is 0 Å². The molecule has 4 rings (SSSR count). The van der Waals surface area contributed by atoms with Gasteiger partial charge in [-0.3, -0.25) is 9.59 Å². The number of aryl methyl sites for hydroxylation is 2. The number of hydrogen-bond acceptors (Lipinski definition) is 4. The third kappa shape index (κ3) is 4.61. The number of nitrogens with zero attached hydrogens (tertiary/aromatic N) is 2. The van der Waals surface area contributed by atoms with Crippen LogP contribution in [-0.4, -0.2) is 34.1 Å². The summed E-state index contributed by atoms with van der Waals surface area (Å²) in [5.74, 6) is 0.364. The predicted octanol–water partition coefficient (Wildman–Crippen LogP) is 3.65. The molecule has 1 aliphatic heterocycles. The summed E-state index contributed by atoms with van der Waals surface area (Å²) in [6, 6.07) is 13.3. The molecule has 0 radical (unpaired) electrons. The van der Waals surface area contributed by atoms with Crippen molar-refractivity contribution in [3.8, 4) is 0 Å². The van der Waals surface area contributed by atoms with E-state index in [1.54, 1.807) is 0 Å². The highest BCUT2D eigenvalue weighted by atomic mass is 16.5. The number of amides is 2. The molecule has 2 atom stereocenters. The van der Waals surface area contributed by atoms with Crippen LogP contribution in [0.4, 0.5) is 5.69 Å². The molecule has 7 heteroatoms. The maximum absolute atomic E-state index is 12.9. The maximum atomic E-state index is 12.9. The Morgan fingerprint density at radius 1 is 1.23 bits per heavy atom. The number of aromatic nitrogens is 2. The van der Waals surface area contributed by atoms with E-state index in [1.807, 2.05) is 67.8 Å². The van der Waals surface area contributed by atoms with Crippen molar-refractivity contribution in [2.45, 2.75) is 52.3 Å². The molecule has 7 nitrogen and oxygen atoms in total. The van der Waals surface area contributed by atoms with Gasteiger partial charge in [0, 0.05) is 12.3 Å². The lowest BCUT2D eigenvalue weighted by Gasteiger charge is -2.18. The van der Waals surface area contributed by atoms with Gasteiger partial charge in [-0.2, -0.15) is 0 Å². The summed E-state index contributed by atoms with van der Waals surface area (Å²) in [6.45, 7) is 6.56. The van der Waals surface area contributed by atoms with Crippen molar-refractivity contribution >= 4 is 28.5 Å². The van der Waals surface area contributed by atoms with Crippen LogP contribution in [0.25, 0.3) is 11.0 Å². The van der Waals surface area contributed by atoms with Crippen LogP contribution in [0, 0.1) is 13.8 Å². The first kappa shape index (κ1) is 21.1. The summed E-state index contributed by atoms with van der Waals surface area (Å²) in [6.07, 6.45) is 1.21. The van der Waals surface area contributed by atoms with Crippen LogP contribution in [0.1, 0.15) is 42.8 Å². The van der Waals surface area contributed by atoms with Gasteiger partial charge in [0.2, 0.25) is 11.8 Å². The van der Waals surface area contributed by atoms with Crippen LogP contribution in [0.2, 0.25) is 0 Å². The van der Waals surface area contributed by atoms with Crippen molar-refractivity contribution in [3.63, 3.8) is 0 Å². The zero-order valence-electron chi connectivity index (χ0n) is 18.1. The third-order valence-electron chi connectivity index (χ3n) is 5.62. The van der Waals surface area contributed by atoms with Crippen LogP contribution < -0.4 is 10.6 Å². The fraction of sp³-hybridized carbons (Fsp3) is 0.375. The van der Waals surface area contributed by atoms with E-state index in [-0.39, 0.29) is 24.4 Å². The van der Waals surface area contributed by atoms with E-state index in [0.717, 1.165) is 40.7 Å². The Bertz CT molecular complexity index is 1120. The lowest BCUT2D eigenvalue weighted by molar-refractivity contribution is -0.130. The van der Waals surface area contributed by atoms with E-state index in [4.69, 9.17) is 9.72 Å². The number of ether oxygens (including phenoxy) is 1. The minimum absolute atomic E-state index is 0.101. The van der Waals surface area contributed by atoms with E-state index >= 15 is 0 Å². The molecule has 2 unspecified atom stereocenters. The molecule has 2 amide bonds. The van der Waals surface area contributed by atoms with Crippen LogP contribution in [0.15, 0.2) is 42.5 Å². The number of carbonyl (C=O) groups is 2. The highest BCUT2D eigenvalue weighted by molar-refractivity contribution is 5.92. The summed E-state index contributed by atoms with van der Waals surface area (Å²) in [4.78, 5) is 30.2. The summed E-state index contributed by atoms with van der Waals surface area (Å²) >= 11 is 0. The Morgan fingerprint density at radius 2 is 2.03 bits per heavy atom. The topological polar surface area (TPSA) is 85.2 Å². The maximum Gasteiger partial charge on any atom is 0.249 e. The van der Waals surface area contributed by atoms with Gasteiger partial charge in [0.15, 0.2) is 0 Å². The molecule has 0 saturated carbocycles. The number of fused-ring (bicyclic) bond motifs is 1. The highest BCUT2D eigenvalue weighted by Gasteiger charge is 2.27. The number of carbonyl (C=O) groups excluding carboxylic acids is 2. The van der Waals surface area contributed by atoms with Gasteiger partial charge < -0.3 is 19.9 Å². The Hall–Kier alpha value is -3.19. The molecule has 0 bridgehead atoms. The minimum atomic E-state index is -0.409. The van der Waals surface area contributed by atoms with Crippen molar-refractivity contribution < 1.29 is 14.3 Å². The molecule has 0 spiro atoms. The zero-order valence-corrected chi connectivity index (χ0v) is 18.1. The summed E-state index contributed by atoms with van der Waals surface area (Å²) < 4.78 is 7.36. The van der Waals surface area contributed by atoms with Gasteiger partial charge in [-0.15, -0.1) is 0 Å². The molecular formula is C24H28N4O3. The van der Waals surface area contributed by atoms with Gasteiger partial charge in [0.25, 0.3) is 0 Å². The Morgan fingerprint density at radius 3 is 2.81 bits per heavy atom. The summed E-state index contributed by atoms with van der Waals surface area (Å²) in [5, 5.41) is 6.01.